The molecule has 2 rings (SSSR count). The van der Waals surface area contributed by atoms with Gasteiger partial charge in [-0.3, -0.25) is 0 Å². The number of nitrogens with two attached hydrogens (primary N) is 1. The Kier molecular flexibility index (Phi) is 4.47. The molecule has 0 atom stereocenters. The number of hydrogen-bond donors (Lipinski definition) is 1. The lowest BCUT2D eigenvalue weighted by molar-refractivity contribution is 0.325. The Balaban J connectivity index is 1.80. The van der Waals surface area contributed by atoms with E-state index in [1.165, 1.54) is 6.07 Å². The van der Waals surface area contributed by atoms with E-state index in [2.05, 4.69) is 0 Å². The van der Waals surface area contributed by atoms with Gasteiger partial charge in [0.05, 0.1) is 6.61 Å². The zero-order valence-electron chi connectivity index (χ0n) is 9.80. The largest absolute Gasteiger partial charge is 0.490 e. The summed E-state index contributed by atoms with van der Waals surface area (Å²) in [4.78, 5) is 1.02. The van der Waals surface area contributed by atoms with E-state index in [0.717, 1.165) is 16.3 Å². The van der Waals surface area contributed by atoms with Crippen LogP contribution in [-0.4, -0.2) is 12.4 Å². The van der Waals surface area contributed by atoms with Crippen LogP contribution in [0.3, 0.4) is 0 Å². The van der Waals surface area contributed by atoms with E-state index in [-0.39, 0.29) is 5.82 Å². The molecule has 0 bridgehead atoms. The summed E-state index contributed by atoms with van der Waals surface area (Å²) >= 11 is 1.60. The fraction of sp³-hybridized carbons (Fsp3) is 0.143. The summed E-state index contributed by atoms with van der Waals surface area (Å²) in [6, 6.07) is 14.1. The number of hydrogen-bond acceptors (Lipinski definition) is 3. The van der Waals surface area contributed by atoms with Gasteiger partial charge in [0.25, 0.3) is 0 Å². The molecule has 4 heteroatoms. The van der Waals surface area contributed by atoms with Gasteiger partial charge < -0.3 is 10.5 Å². The molecule has 0 spiro atoms. The molecule has 2 aromatic rings. The van der Waals surface area contributed by atoms with Crippen molar-refractivity contribution in [1.82, 2.24) is 0 Å². The van der Waals surface area contributed by atoms with E-state index in [0.29, 0.717) is 12.4 Å². The minimum Gasteiger partial charge on any atom is -0.490 e. The van der Waals surface area contributed by atoms with E-state index in [1.807, 2.05) is 24.3 Å². The predicted octanol–water partition coefficient (Wildman–Crippen LogP) is 3.58. The van der Waals surface area contributed by atoms with Crippen LogP contribution in [0.2, 0.25) is 0 Å². The molecule has 0 aromatic heterocycles. The Morgan fingerprint density at radius 1 is 1.06 bits per heavy atom. The molecule has 0 amide bonds. The number of nitrogen functional groups attached to an aromatic ring is 1. The van der Waals surface area contributed by atoms with Crippen molar-refractivity contribution in [1.29, 1.82) is 0 Å². The molecule has 2 aromatic carbocycles. The summed E-state index contributed by atoms with van der Waals surface area (Å²) in [5.41, 5.74) is 6.57. The van der Waals surface area contributed by atoms with Crippen LogP contribution in [0, 0.1) is 5.82 Å². The third kappa shape index (κ3) is 3.40. The van der Waals surface area contributed by atoms with E-state index >= 15 is 0 Å². The smallest absolute Gasteiger partial charge is 0.165 e. The molecule has 0 aliphatic rings. The second-order valence-electron chi connectivity index (χ2n) is 3.67. The number of para-hydroxylation sites is 2. The monoisotopic (exact) mass is 263 g/mol. The van der Waals surface area contributed by atoms with Gasteiger partial charge in [-0.1, -0.05) is 24.3 Å². The number of thioether (sulfide) groups is 1. The third-order valence-corrected chi connectivity index (χ3v) is 3.41. The standard InChI is InChI=1S/C14H14FNOS/c15-11-5-1-3-7-13(11)17-9-10-18-14-8-4-2-6-12(14)16/h1-8H,9-10,16H2. The number of rotatable bonds is 5. The number of benzene rings is 2. The maximum Gasteiger partial charge on any atom is 0.165 e. The van der Waals surface area contributed by atoms with Crippen LogP contribution in [0.25, 0.3) is 0 Å². The lowest BCUT2D eigenvalue weighted by atomic mass is 10.3. The molecular formula is C14H14FNOS. The highest BCUT2D eigenvalue weighted by Crippen LogP contribution is 2.24. The van der Waals surface area contributed by atoms with Gasteiger partial charge in [-0.2, -0.15) is 0 Å². The summed E-state index contributed by atoms with van der Waals surface area (Å²) in [5, 5.41) is 0. The van der Waals surface area contributed by atoms with Gasteiger partial charge in [-0.15, -0.1) is 11.8 Å². The first-order valence-corrected chi connectivity index (χ1v) is 6.60. The van der Waals surface area contributed by atoms with Gasteiger partial charge >= 0.3 is 0 Å². The fourth-order valence-electron chi connectivity index (χ4n) is 1.48. The molecule has 2 nitrogen and oxygen atoms in total. The maximum atomic E-state index is 13.3. The summed E-state index contributed by atoms with van der Waals surface area (Å²) in [6.45, 7) is 0.444. The Labute approximate surface area is 110 Å². The molecule has 0 heterocycles. The van der Waals surface area contributed by atoms with Crippen molar-refractivity contribution in [3.8, 4) is 5.75 Å². The van der Waals surface area contributed by atoms with Crippen molar-refractivity contribution >= 4 is 17.4 Å². The van der Waals surface area contributed by atoms with Crippen molar-refractivity contribution in [2.24, 2.45) is 0 Å². The minimum atomic E-state index is -0.332. The SMILES string of the molecule is Nc1ccccc1SCCOc1ccccc1F. The highest BCUT2D eigenvalue weighted by molar-refractivity contribution is 7.99. The van der Waals surface area contributed by atoms with Gasteiger partial charge in [0.1, 0.15) is 0 Å². The maximum absolute atomic E-state index is 13.3. The molecule has 0 unspecified atom stereocenters. The Morgan fingerprint density at radius 2 is 1.78 bits per heavy atom. The molecule has 0 saturated heterocycles. The van der Waals surface area contributed by atoms with E-state index in [4.69, 9.17) is 10.5 Å². The molecule has 0 saturated carbocycles. The minimum absolute atomic E-state index is 0.291. The molecule has 0 radical (unpaired) electrons. The van der Waals surface area contributed by atoms with Crippen LogP contribution in [0.1, 0.15) is 0 Å². The van der Waals surface area contributed by atoms with Crippen LogP contribution in [0.5, 0.6) is 5.75 Å². The third-order valence-electron chi connectivity index (χ3n) is 2.35. The molecule has 94 valence electrons. The summed E-state index contributed by atoms with van der Waals surface area (Å²) in [6.07, 6.45) is 0. The number of anilines is 1. The summed E-state index contributed by atoms with van der Waals surface area (Å²) < 4.78 is 18.6. The van der Waals surface area contributed by atoms with Crippen LogP contribution in [0.4, 0.5) is 10.1 Å². The van der Waals surface area contributed by atoms with Crippen molar-refractivity contribution in [3.63, 3.8) is 0 Å². The second kappa shape index (κ2) is 6.31. The topological polar surface area (TPSA) is 35.2 Å². The number of ether oxygens (including phenoxy) is 1. The second-order valence-corrected chi connectivity index (χ2v) is 4.80. The Morgan fingerprint density at radius 3 is 2.56 bits per heavy atom. The van der Waals surface area contributed by atoms with Crippen molar-refractivity contribution in [2.45, 2.75) is 4.90 Å². The highest BCUT2D eigenvalue weighted by atomic mass is 32.2. The van der Waals surface area contributed by atoms with Crippen molar-refractivity contribution in [2.75, 3.05) is 18.1 Å². The van der Waals surface area contributed by atoms with E-state index in [1.54, 1.807) is 30.0 Å². The van der Waals surface area contributed by atoms with Crippen LogP contribution < -0.4 is 10.5 Å². The predicted molar refractivity (Wildman–Crippen MR) is 73.5 cm³/mol. The zero-order chi connectivity index (χ0) is 12.8. The average molecular weight is 263 g/mol. The van der Waals surface area contributed by atoms with Crippen LogP contribution in [-0.2, 0) is 0 Å². The average Bonchev–Trinajstić information content (AvgIpc) is 2.38. The van der Waals surface area contributed by atoms with Gasteiger partial charge in [-0.25, -0.2) is 4.39 Å². The number of halogens is 1. The molecule has 0 aliphatic heterocycles. The van der Waals surface area contributed by atoms with Gasteiger partial charge in [0.15, 0.2) is 11.6 Å². The normalized spacial score (nSPS) is 10.3. The Bertz CT molecular complexity index is 471. The van der Waals surface area contributed by atoms with Crippen molar-refractivity contribution in [3.05, 3.63) is 54.3 Å². The molecule has 2 N–H and O–H groups in total. The lowest BCUT2D eigenvalue weighted by Crippen LogP contribution is -2.02. The molecule has 0 aliphatic carbocycles. The van der Waals surface area contributed by atoms with E-state index in [9.17, 15) is 4.39 Å². The molecular weight excluding hydrogens is 249 g/mol. The molecule has 0 fully saturated rings. The van der Waals surface area contributed by atoms with E-state index < -0.39 is 0 Å². The Hall–Kier alpha value is -1.68. The highest BCUT2D eigenvalue weighted by Gasteiger charge is 2.02. The first-order chi connectivity index (χ1) is 8.77. The van der Waals surface area contributed by atoms with Gasteiger partial charge in [-0.05, 0) is 24.3 Å². The van der Waals surface area contributed by atoms with Crippen molar-refractivity contribution < 1.29 is 9.13 Å². The van der Waals surface area contributed by atoms with Crippen LogP contribution in [0.15, 0.2) is 53.4 Å². The lowest BCUT2D eigenvalue weighted by Gasteiger charge is -2.07. The quantitative estimate of drug-likeness (QED) is 0.509. The zero-order valence-corrected chi connectivity index (χ0v) is 10.6. The van der Waals surface area contributed by atoms with Gasteiger partial charge in [0, 0.05) is 16.3 Å². The summed E-state index contributed by atoms with van der Waals surface area (Å²) in [7, 11) is 0. The fourth-order valence-corrected chi connectivity index (χ4v) is 2.27. The van der Waals surface area contributed by atoms with Gasteiger partial charge in [0.2, 0.25) is 0 Å². The first kappa shape index (κ1) is 12.8. The first-order valence-electron chi connectivity index (χ1n) is 5.62. The van der Waals surface area contributed by atoms with Crippen LogP contribution >= 0.6 is 11.8 Å². The molecule has 18 heavy (non-hydrogen) atoms. The summed E-state index contributed by atoms with van der Waals surface area (Å²) in [5.74, 6) is 0.684.